The largest absolute Gasteiger partial charge is 0.395 e. The number of aryl methyl sites for hydroxylation is 1. The first-order valence-electron chi connectivity index (χ1n) is 9.86. The molecule has 1 atom stereocenters. The molecule has 0 spiro atoms. The molecule has 1 aromatic carbocycles. The van der Waals surface area contributed by atoms with Gasteiger partial charge in [0.1, 0.15) is 5.82 Å². The first kappa shape index (κ1) is 19.2. The summed E-state index contributed by atoms with van der Waals surface area (Å²) in [4.78, 5) is 4.10. The first-order chi connectivity index (χ1) is 14.0. The number of benzene rings is 1. The van der Waals surface area contributed by atoms with Crippen molar-refractivity contribution in [1.82, 2.24) is 20.1 Å². The van der Waals surface area contributed by atoms with Crippen LogP contribution in [0.5, 0.6) is 0 Å². The monoisotopic (exact) mass is 392 g/mol. The van der Waals surface area contributed by atoms with Crippen LogP contribution < -0.4 is 28.1 Å². The van der Waals surface area contributed by atoms with Crippen LogP contribution in [-0.2, 0) is 13.0 Å². The summed E-state index contributed by atoms with van der Waals surface area (Å²) in [6.45, 7) is 5.05. The highest BCUT2D eigenvalue weighted by molar-refractivity contribution is 5.68. The van der Waals surface area contributed by atoms with Gasteiger partial charge in [-0.3, -0.25) is 4.68 Å². The Morgan fingerprint density at radius 2 is 2.10 bits per heavy atom. The van der Waals surface area contributed by atoms with Crippen LogP contribution in [0.2, 0.25) is 0 Å². The van der Waals surface area contributed by atoms with E-state index < -0.39 is 0 Å². The summed E-state index contributed by atoms with van der Waals surface area (Å²) in [5.41, 5.74) is 20.9. The van der Waals surface area contributed by atoms with Gasteiger partial charge in [0.15, 0.2) is 5.82 Å². The molecule has 152 valence electrons. The molecule has 1 aliphatic rings. The van der Waals surface area contributed by atoms with Gasteiger partial charge in [-0.05, 0) is 59.7 Å². The third-order valence-electron chi connectivity index (χ3n) is 5.62. The molecule has 3 aromatic rings. The maximum Gasteiger partial charge on any atom is 0.165 e. The lowest BCUT2D eigenvalue weighted by atomic mass is 9.94. The summed E-state index contributed by atoms with van der Waals surface area (Å²) >= 11 is 0. The van der Waals surface area contributed by atoms with Crippen LogP contribution in [0.3, 0.4) is 0 Å². The van der Waals surface area contributed by atoms with Crippen molar-refractivity contribution in [2.45, 2.75) is 32.2 Å². The zero-order chi connectivity index (χ0) is 20.4. The van der Waals surface area contributed by atoms with E-state index in [1.807, 2.05) is 10.9 Å². The Labute approximate surface area is 170 Å². The number of nitrogens with zero attached hydrogens (tertiary/aromatic N) is 3. The Kier molecular flexibility index (Phi) is 5.37. The topological polar surface area (TPSA) is 133 Å². The molecule has 8 heteroatoms. The number of nitrogens with two attached hydrogens (primary N) is 3. The normalized spacial score (nSPS) is 16.3. The van der Waals surface area contributed by atoms with Crippen molar-refractivity contribution < 1.29 is 0 Å². The number of aromatic nitrogens is 3. The van der Waals surface area contributed by atoms with Crippen LogP contribution in [-0.4, -0.2) is 27.9 Å². The molecule has 0 saturated carbocycles. The molecule has 4 rings (SSSR count). The first-order valence-corrected chi connectivity index (χ1v) is 9.86. The molecule has 29 heavy (non-hydrogen) atoms. The number of anilines is 3. The summed E-state index contributed by atoms with van der Waals surface area (Å²) in [5.74, 6) is 6.85. The SMILES string of the molecule is Cc1ccc(C2CCNC2)cc1Cn1cc(Cc2cc(N)nc(NN)c2N)cn1. The zero-order valence-corrected chi connectivity index (χ0v) is 16.7. The quantitative estimate of drug-likeness (QED) is 0.319. The third-order valence-corrected chi connectivity index (χ3v) is 5.62. The van der Waals surface area contributed by atoms with E-state index in [0.717, 1.165) is 30.8 Å². The molecule has 0 amide bonds. The summed E-state index contributed by atoms with van der Waals surface area (Å²) in [5, 5.41) is 7.99. The highest BCUT2D eigenvalue weighted by Gasteiger charge is 2.17. The molecule has 1 aliphatic heterocycles. The molecule has 8 nitrogen and oxygen atoms in total. The van der Waals surface area contributed by atoms with Gasteiger partial charge in [0.05, 0.1) is 18.4 Å². The Balaban J connectivity index is 1.52. The van der Waals surface area contributed by atoms with Gasteiger partial charge in [-0.15, -0.1) is 0 Å². The van der Waals surface area contributed by atoms with Gasteiger partial charge >= 0.3 is 0 Å². The fraction of sp³-hybridized carbons (Fsp3) is 0.333. The van der Waals surface area contributed by atoms with E-state index in [9.17, 15) is 0 Å². The van der Waals surface area contributed by atoms with Crippen LogP contribution in [0.15, 0.2) is 36.7 Å². The average molecular weight is 393 g/mol. The fourth-order valence-corrected chi connectivity index (χ4v) is 3.92. The van der Waals surface area contributed by atoms with Crippen molar-refractivity contribution in [2.24, 2.45) is 5.84 Å². The average Bonchev–Trinajstić information content (AvgIpc) is 3.38. The van der Waals surface area contributed by atoms with E-state index in [-0.39, 0.29) is 0 Å². The van der Waals surface area contributed by atoms with Crippen LogP contribution in [0.25, 0.3) is 0 Å². The van der Waals surface area contributed by atoms with E-state index >= 15 is 0 Å². The van der Waals surface area contributed by atoms with Gasteiger partial charge in [-0.1, -0.05) is 18.2 Å². The molecule has 0 aliphatic carbocycles. The van der Waals surface area contributed by atoms with E-state index in [1.54, 1.807) is 6.07 Å². The minimum absolute atomic E-state index is 0.378. The van der Waals surface area contributed by atoms with Crippen molar-refractivity contribution in [3.8, 4) is 0 Å². The van der Waals surface area contributed by atoms with E-state index in [2.05, 4.69) is 52.1 Å². The van der Waals surface area contributed by atoms with E-state index in [0.29, 0.717) is 29.7 Å². The molecule has 0 radical (unpaired) electrons. The minimum Gasteiger partial charge on any atom is -0.395 e. The number of hydrogen-bond acceptors (Lipinski definition) is 7. The molecule has 3 heterocycles. The van der Waals surface area contributed by atoms with Gasteiger partial charge in [0.25, 0.3) is 0 Å². The van der Waals surface area contributed by atoms with Gasteiger partial charge in [0.2, 0.25) is 0 Å². The number of rotatable bonds is 6. The molecule has 2 aromatic heterocycles. The molecule has 1 fully saturated rings. The van der Waals surface area contributed by atoms with Gasteiger partial charge in [0, 0.05) is 19.2 Å². The zero-order valence-electron chi connectivity index (χ0n) is 16.7. The summed E-state index contributed by atoms with van der Waals surface area (Å²) in [7, 11) is 0. The number of hydrogen-bond donors (Lipinski definition) is 5. The fourth-order valence-electron chi connectivity index (χ4n) is 3.92. The molecule has 1 unspecified atom stereocenters. The molecule has 8 N–H and O–H groups in total. The standard InChI is InChI=1S/C21H28N8/c1-13-2-3-15(16-4-5-25-10-16)7-18(13)12-29-11-14(9-26-29)6-17-8-19(22)27-21(28-24)20(17)23/h2-3,7-9,11,16,25H,4-6,10,12,23-24H2,1H3,(H3,22,27,28). The van der Waals surface area contributed by atoms with Gasteiger partial charge in [-0.2, -0.15) is 5.10 Å². The van der Waals surface area contributed by atoms with Gasteiger partial charge in [-0.25, -0.2) is 10.8 Å². The molecule has 0 bridgehead atoms. The predicted octanol–water partition coefficient (Wildman–Crippen LogP) is 1.75. The van der Waals surface area contributed by atoms with Crippen LogP contribution in [0.4, 0.5) is 17.3 Å². The number of hydrazine groups is 1. The molecular formula is C21H28N8. The third kappa shape index (κ3) is 4.18. The van der Waals surface area contributed by atoms with Gasteiger partial charge < -0.3 is 22.2 Å². The lowest BCUT2D eigenvalue weighted by Crippen LogP contribution is -2.13. The number of pyridine rings is 1. The minimum atomic E-state index is 0.378. The Morgan fingerprint density at radius 1 is 1.24 bits per heavy atom. The molecule has 1 saturated heterocycles. The Morgan fingerprint density at radius 3 is 2.86 bits per heavy atom. The smallest absolute Gasteiger partial charge is 0.165 e. The summed E-state index contributed by atoms with van der Waals surface area (Å²) < 4.78 is 1.97. The summed E-state index contributed by atoms with van der Waals surface area (Å²) in [6, 6.07) is 8.58. The predicted molar refractivity (Wildman–Crippen MR) is 116 cm³/mol. The second kappa shape index (κ2) is 8.10. The maximum absolute atomic E-state index is 6.14. The number of nitrogens with one attached hydrogen (secondary N) is 2. The second-order valence-corrected chi connectivity index (χ2v) is 7.71. The lowest BCUT2D eigenvalue weighted by molar-refractivity contribution is 0.679. The number of nitrogen functional groups attached to an aromatic ring is 3. The highest BCUT2D eigenvalue weighted by atomic mass is 15.3. The van der Waals surface area contributed by atoms with E-state index in [4.69, 9.17) is 17.3 Å². The Bertz CT molecular complexity index is 1000. The molecular weight excluding hydrogens is 364 g/mol. The highest BCUT2D eigenvalue weighted by Crippen LogP contribution is 2.26. The van der Waals surface area contributed by atoms with Crippen molar-refractivity contribution in [1.29, 1.82) is 0 Å². The van der Waals surface area contributed by atoms with E-state index in [1.165, 1.54) is 23.1 Å². The Hall–Kier alpha value is -3.10. The van der Waals surface area contributed by atoms with Crippen LogP contribution in [0, 0.1) is 6.92 Å². The van der Waals surface area contributed by atoms with Crippen LogP contribution >= 0.6 is 0 Å². The second-order valence-electron chi connectivity index (χ2n) is 7.71. The van der Waals surface area contributed by atoms with Crippen molar-refractivity contribution in [2.75, 3.05) is 30.0 Å². The summed E-state index contributed by atoms with van der Waals surface area (Å²) in [6.07, 6.45) is 5.73. The van der Waals surface area contributed by atoms with Crippen LogP contribution in [0.1, 0.15) is 40.2 Å². The maximum atomic E-state index is 6.14. The van der Waals surface area contributed by atoms with Crippen molar-refractivity contribution >= 4 is 17.3 Å². The lowest BCUT2D eigenvalue weighted by Gasteiger charge is -2.13. The van der Waals surface area contributed by atoms with Crippen molar-refractivity contribution in [3.05, 3.63) is 64.5 Å². The van der Waals surface area contributed by atoms with Crippen molar-refractivity contribution in [3.63, 3.8) is 0 Å².